The second-order valence-electron chi connectivity index (χ2n) is 4.88. The van der Waals surface area contributed by atoms with Gasteiger partial charge >= 0.3 is 0 Å². The van der Waals surface area contributed by atoms with Crippen molar-refractivity contribution in [3.8, 4) is 0 Å². The number of carbonyl (C=O) groups excluding carboxylic acids is 1. The van der Waals surface area contributed by atoms with Crippen LogP contribution in [0.15, 0.2) is 24.3 Å². The maximum absolute atomic E-state index is 13.0. The average Bonchev–Trinajstić information content (AvgIpc) is 2.93. The van der Waals surface area contributed by atoms with Crippen molar-refractivity contribution in [2.75, 3.05) is 13.1 Å². The van der Waals surface area contributed by atoms with Crippen molar-refractivity contribution in [3.05, 3.63) is 35.6 Å². The van der Waals surface area contributed by atoms with E-state index in [0.29, 0.717) is 18.5 Å². The molecule has 1 fully saturated rings. The van der Waals surface area contributed by atoms with E-state index in [1.807, 2.05) is 0 Å². The molecule has 0 radical (unpaired) electrons. The van der Waals surface area contributed by atoms with Crippen LogP contribution in [-0.2, 0) is 9.53 Å². The Bertz CT molecular complexity index is 475. The van der Waals surface area contributed by atoms with E-state index in [1.165, 1.54) is 18.2 Å². The first-order valence-corrected chi connectivity index (χ1v) is 6.67. The fourth-order valence-corrected chi connectivity index (χ4v) is 2.21. The minimum Gasteiger partial charge on any atom is -0.387 e. The summed E-state index contributed by atoms with van der Waals surface area (Å²) in [7, 11) is 0. The second kappa shape index (κ2) is 8.29. The Morgan fingerprint density at radius 1 is 1.52 bits per heavy atom. The Balaban J connectivity index is 0.00000220. The van der Waals surface area contributed by atoms with Gasteiger partial charge in [-0.1, -0.05) is 12.1 Å². The molecule has 1 unspecified atom stereocenters. The zero-order valence-corrected chi connectivity index (χ0v) is 12.3. The number of rotatable bonds is 5. The zero-order valence-electron chi connectivity index (χ0n) is 11.5. The number of hydrogen-bond acceptors (Lipinski definition) is 4. The van der Waals surface area contributed by atoms with E-state index in [0.717, 1.165) is 6.42 Å². The molecule has 0 aliphatic carbocycles. The molecule has 1 aromatic carbocycles. The third-order valence-electron chi connectivity index (χ3n) is 3.37. The van der Waals surface area contributed by atoms with Crippen LogP contribution in [0.2, 0.25) is 0 Å². The van der Waals surface area contributed by atoms with E-state index >= 15 is 0 Å². The minimum absolute atomic E-state index is 0. The van der Waals surface area contributed by atoms with Crippen LogP contribution in [-0.4, -0.2) is 36.3 Å². The summed E-state index contributed by atoms with van der Waals surface area (Å²) in [5.74, 6) is -0.686. The van der Waals surface area contributed by atoms with Crippen molar-refractivity contribution in [2.24, 2.45) is 5.73 Å². The fourth-order valence-electron chi connectivity index (χ4n) is 2.21. The van der Waals surface area contributed by atoms with E-state index in [1.54, 1.807) is 6.07 Å². The maximum Gasteiger partial charge on any atom is 0.249 e. The van der Waals surface area contributed by atoms with Crippen LogP contribution >= 0.6 is 12.4 Å². The molecule has 5 nitrogen and oxygen atoms in total. The molecule has 7 heteroatoms. The summed E-state index contributed by atoms with van der Waals surface area (Å²) in [5.41, 5.74) is 5.90. The third kappa shape index (κ3) is 4.93. The van der Waals surface area contributed by atoms with E-state index < -0.39 is 18.0 Å². The monoisotopic (exact) mass is 318 g/mol. The highest BCUT2D eigenvalue weighted by Crippen LogP contribution is 2.19. The Morgan fingerprint density at radius 3 is 2.90 bits per heavy atom. The molecule has 2 rings (SSSR count). The predicted molar refractivity (Wildman–Crippen MR) is 78.6 cm³/mol. The lowest BCUT2D eigenvalue weighted by atomic mass is 10.1. The molecular weight excluding hydrogens is 299 g/mol. The summed E-state index contributed by atoms with van der Waals surface area (Å²) >= 11 is 0. The number of amides is 1. The molecule has 1 heterocycles. The lowest BCUT2D eigenvalue weighted by Crippen LogP contribution is -2.37. The molecule has 3 atom stereocenters. The molecule has 4 N–H and O–H groups in total. The largest absolute Gasteiger partial charge is 0.387 e. The number of ether oxygens (including phenoxy) is 1. The number of nitrogens with one attached hydrogen (secondary N) is 1. The molecule has 0 aromatic heterocycles. The van der Waals surface area contributed by atoms with Crippen LogP contribution in [0, 0.1) is 5.82 Å². The van der Waals surface area contributed by atoms with Crippen molar-refractivity contribution in [1.82, 2.24) is 5.32 Å². The number of aliphatic hydroxyl groups is 1. The van der Waals surface area contributed by atoms with Gasteiger partial charge in [0, 0.05) is 13.1 Å². The van der Waals surface area contributed by atoms with Gasteiger partial charge in [-0.15, -0.1) is 12.4 Å². The smallest absolute Gasteiger partial charge is 0.249 e. The standard InChI is InChI=1S/C14H19FN2O3.ClH/c15-10-3-1-2-9(6-10)12(18)8-17-14(19)13-5-4-11(7-16)20-13;/h1-3,6,11-13,18H,4-5,7-8,16H2,(H,17,19);1H/t11-,12?,13+;/m1./s1. The van der Waals surface area contributed by atoms with Crippen molar-refractivity contribution in [1.29, 1.82) is 0 Å². The summed E-state index contributed by atoms with van der Waals surface area (Å²) < 4.78 is 18.5. The Labute approximate surface area is 129 Å². The molecule has 1 saturated heterocycles. The van der Waals surface area contributed by atoms with Crippen LogP contribution in [0.25, 0.3) is 0 Å². The Hall–Kier alpha value is -1.21. The summed E-state index contributed by atoms with van der Waals surface area (Å²) in [4.78, 5) is 11.8. The molecule has 0 saturated carbocycles. The molecular formula is C14H20ClFN2O3. The summed E-state index contributed by atoms with van der Waals surface area (Å²) in [6.07, 6.45) is -0.131. The van der Waals surface area contributed by atoms with Crippen molar-refractivity contribution < 1.29 is 19.0 Å². The average molecular weight is 319 g/mol. The molecule has 118 valence electrons. The summed E-state index contributed by atoms with van der Waals surface area (Å²) in [6, 6.07) is 5.67. The first-order valence-electron chi connectivity index (χ1n) is 6.67. The SMILES string of the molecule is Cl.NC[C@H]1CC[C@@H](C(=O)NCC(O)c2cccc(F)c2)O1. The molecule has 1 aliphatic heterocycles. The van der Waals surface area contributed by atoms with Crippen LogP contribution in [0.5, 0.6) is 0 Å². The highest BCUT2D eigenvalue weighted by Gasteiger charge is 2.29. The van der Waals surface area contributed by atoms with Crippen molar-refractivity contribution in [2.45, 2.75) is 31.2 Å². The van der Waals surface area contributed by atoms with Crippen LogP contribution < -0.4 is 11.1 Å². The van der Waals surface area contributed by atoms with Gasteiger partial charge in [-0.25, -0.2) is 4.39 Å². The van der Waals surface area contributed by atoms with Gasteiger partial charge in [0.25, 0.3) is 0 Å². The minimum atomic E-state index is -0.943. The highest BCUT2D eigenvalue weighted by molar-refractivity contribution is 5.85. The second-order valence-corrected chi connectivity index (χ2v) is 4.88. The quantitative estimate of drug-likeness (QED) is 0.753. The number of halogens is 2. The van der Waals surface area contributed by atoms with E-state index in [9.17, 15) is 14.3 Å². The molecule has 0 spiro atoms. The van der Waals surface area contributed by atoms with Gasteiger partial charge in [-0.3, -0.25) is 4.79 Å². The number of nitrogens with two attached hydrogens (primary N) is 1. The Morgan fingerprint density at radius 2 is 2.29 bits per heavy atom. The number of hydrogen-bond donors (Lipinski definition) is 3. The molecule has 1 amide bonds. The number of benzene rings is 1. The van der Waals surface area contributed by atoms with Crippen LogP contribution in [0.3, 0.4) is 0 Å². The number of aliphatic hydroxyl groups excluding tert-OH is 1. The van der Waals surface area contributed by atoms with Gasteiger partial charge in [0.05, 0.1) is 12.2 Å². The first kappa shape index (κ1) is 17.8. The van der Waals surface area contributed by atoms with E-state index in [4.69, 9.17) is 10.5 Å². The van der Waals surface area contributed by atoms with Crippen molar-refractivity contribution in [3.63, 3.8) is 0 Å². The summed E-state index contributed by atoms with van der Waals surface area (Å²) in [5, 5.41) is 12.5. The fraction of sp³-hybridized carbons (Fsp3) is 0.500. The number of carbonyl (C=O) groups is 1. The first-order chi connectivity index (χ1) is 9.60. The normalized spacial score (nSPS) is 22.4. The van der Waals surface area contributed by atoms with E-state index in [-0.39, 0.29) is 31.0 Å². The highest BCUT2D eigenvalue weighted by atomic mass is 35.5. The topological polar surface area (TPSA) is 84.6 Å². The molecule has 1 aromatic rings. The van der Waals surface area contributed by atoms with Gasteiger partial charge < -0.3 is 20.9 Å². The van der Waals surface area contributed by atoms with Gasteiger partial charge in [-0.05, 0) is 30.5 Å². The van der Waals surface area contributed by atoms with Crippen molar-refractivity contribution >= 4 is 18.3 Å². The predicted octanol–water partition coefficient (Wildman–Crippen LogP) is 0.903. The molecule has 21 heavy (non-hydrogen) atoms. The molecule has 0 bridgehead atoms. The maximum atomic E-state index is 13.0. The Kier molecular flexibility index (Phi) is 7.04. The summed E-state index contributed by atoms with van der Waals surface area (Å²) in [6.45, 7) is 0.422. The van der Waals surface area contributed by atoms with Gasteiger partial charge in [0.15, 0.2) is 0 Å². The zero-order chi connectivity index (χ0) is 14.5. The lowest BCUT2D eigenvalue weighted by molar-refractivity contribution is -0.132. The van der Waals surface area contributed by atoms with Crippen LogP contribution in [0.1, 0.15) is 24.5 Å². The van der Waals surface area contributed by atoms with Gasteiger partial charge in [0.2, 0.25) is 5.91 Å². The lowest BCUT2D eigenvalue weighted by Gasteiger charge is -2.15. The van der Waals surface area contributed by atoms with Crippen LogP contribution in [0.4, 0.5) is 4.39 Å². The van der Waals surface area contributed by atoms with Gasteiger partial charge in [-0.2, -0.15) is 0 Å². The molecule has 1 aliphatic rings. The third-order valence-corrected chi connectivity index (χ3v) is 3.37. The van der Waals surface area contributed by atoms with Gasteiger partial charge in [0.1, 0.15) is 11.9 Å². The van der Waals surface area contributed by atoms with E-state index in [2.05, 4.69) is 5.32 Å².